The van der Waals surface area contributed by atoms with Crippen LogP contribution in [0.4, 0.5) is 0 Å². The minimum atomic E-state index is -4.05. The molecular weight excluding hydrogens is 532 g/mol. The molecular formula is C23H42N8O7S. The molecule has 0 aromatic rings. The summed E-state index contributed by atoms with van der Waals surface area (Å²) in [5.74, 6) is 4.20. The number of piperidine rings is 1. The molecule has 0 bridgehead atoms. The van der Waals surface area contributed by atoms with E-state index >= 15 is 0 Å². The number of nitrogens with zero attached hydrogens (tertiary/aromatic N) is 4. The maximum atomic E-state index is 13.6. The van der Waals surface area contributed by atoms with Crippen LogP contribution < -0.4 is 21.2 Å². The standard InChI is InChI=1S/C23H42N8O7S/c1-37-16-22(33)25-6-8-31(19-4-5-19)23(34)20(28-39(35,36)30-9-11-38-12-10-30)13-21(32)26-14-18-3-2-7-29(15-18)17-27-24/h17-20,28H,2-16,24H2,1H3,(H,25,33)(H,26,32)/t18-,20-/m0/s1. The molecule has 0 aromatic carbocycles. The van der Waals surface area contributed by atoms with Gasteiger partial charge in [-0.3, -0.25) is 14.4 Å². The molecule has 2 aliphatic heterocycles. The molecule has 0 unspecified atom stereocenters. The lowest BCUT2D eigenvalue weighted by Gasteiger charge is -2.32. The van der Waals surface area contributed by atoms with E-state index < -0.39 is 28.1 Å². The number of nitrogens with one attached hydrogen (secondary N) is 3. The van der Waals surface area contributed by atoms with Gasteiger partial charge in [0, 0.05) is 59.0 Å². The summed E-state index contributed by atoms with van der Waals surface area (Å²) in [7, 11) is -2.63. The van der Waals surface area contributed by atoms with Crippen molar-refractivity contribution < 1.29 is 32.3 Å². The summed E-state index contributed by atoms with van der Waals surface area (Å²) < 4.78 is 40.0. The maximum absolute atomic E-state index is 13.6. The molecule has 39 heavy (non-hydrogen) atoms. The molecule has 3 rings (SSSR count). The van der Waals surface area contributed by atoms with Crippen LogP contribution in [0.25, 0.3) is 0 Å². The number of carbonyl (C=O) groups is 3. The molecule has 1 aliphatic carbocycles. The van der Waals surface area contributed by atoms with Crippen LogP contribution in [-0.2, 0) is 34.1 Å². The molecule has 2 saturated heterocycles. The molecule has 15 nitrogen and oxygen atoms in total. The second kappa shape index (κ2) is 15.3. The van der Waals surface area contributed by atoms with Gasteiger partial charge in [0.1, 0.15) is 19.0 Å². The quantitative estimate of drug-likeness (QED) is 0.0703. The van der Waals surface area contributed by atoms with Crippen molar-refractivity contribution in [1.29, 1.82) is 0 Å². The van der Waals surface area contributed by atoms with Gasteiger partial charge in [-0.1, -0.05) is 0 Å². The number of hydrogen-bond acceptors (Lipinski definition) is 9. The van der Waals surface area contributed by atoms with Crippen LogP contribution in [0.2, 0.25) is 0 Å². The summed E-state index contributed by atoms with van der Waals surface area (Å²) in [6.45, 7) is 3.02. The second-order valence-corrected chi connectivity index (χ2v) is 11.7. The molecule has 5 N–H and O–H groups in total. The van der Waals surface area contributed by atoms with Crippen LogP contribution in [0.1, 0.15) is 32.1 Å². The average Bonchev–Trinajstić information content (AvgIpc) is 3.76. The molecule has 2 heterocycles. The van der Waals surface area contributed by atoms with Crippen LogP contribution in [-0.4, -0.2) is 131 Å². The first-order chi connectivity index (χ1) is 18.7. The zero-order valence-corrected chi connectivity index (χ0v) is 23.4. The van der Waals surface area contributed by atoms with Crippen molar-refractivity contribution in [3.63, 3.8) is 0 Å². The Morgan fingerprint density at radius 1 is 1.15 bits per heavy atom. The van der Waals surface area contributed by atoms with Gasteiger partial charge >= 0.3 is 0 Å². The Kier molecular flexibility index (Phi) is 12.2. The van der Waals surface area contributed by atoms with E-state index in [1.807, 2.05) is 4.90 Å². The molecule has 0 spiro atoms. The highest BCUT2D eigenvalue weighted by Gasteiger charge is 2.39. The van der Waals surface area contributed by atoms with Crippen LogP contribution in [0.5, 0.6) is 0 Å². The third-order valence-corrected chi connectivity index (χ3v) is 8.51. The number of ether oxygens (including phenoxy) is 2. The van der Waals surface area contributed by atoms with Gasteiger partial charge in [0.2, 0.25) is 17.7 Å². The van der Waals surface area contributed by atoms with Gasteiger partial charge in [-0.2, -0.15) is 22.5 Å². The van der Waals surface area contributed by atoms with E-state index in [4.69, 9.17) is 15.3 Å². The lowest BCUT2D eigenvalue weighted by molar-refractivity contribution is -0.136. The number of nitrogens with two attached hydrogens (primary N) is 1. The summed E-state index contributed by atoms with van der Waals surface area (Å²) in [4.78, 5) is 41.9. The maximum Gasteiger partial charge on any atom is 0.280 e. The van der Waals surface area contributed by atoms with Crippen molar-refractivity contribution in [1.82, 2.24) is 29.5 Å². The average molecular weight is 575 g/mol. The van der Waals surface area contributed by atoms with Gasteiger partial charge in [0.25, 0.3) is 10.2 Å². The first kappa shape index (κ1) is 31.0. The van der Waals surface area contributed by atoms with E-state index in [-0.39, 0.29) is 70.3 Å². The van der Waals surface area contributed by atoms with Gasteiger partial charge < -0.3 is 35.7 Å². The Hall–Kier alpha value is -2.53. The Bertz CT molecular complexity index is 956. The highest BCUT2D eigenvalue weighted by atomic mass is 32.2. The van der Waals surface area contributed by atoms with E-state index in [9.17, 15) is 22.8 Å². The van der Waals surface area contributed by atoms with Crippen LogP contribution in [0.15, 0.2) is 5.10 Å². The second-order valence-electron chi connectivity index (χ2n) is 10.0. The monoisotopic (exact) mass is 574 g/mol. The topological polar surface area (TPSA) is 188 Å². The van der Waals surface area contributed by atoms with Crippen molar-refractivity contribution in [2.75, 3.05) is 72.7 Å². The fraction of sp³-hybridized carbons (Fsp3) is 0.826. The van der Waals surface area contributed by atoms with Crippen molar-refractivity contribution in [2.24, 2.45) is 16.9 Å². The third kappa shape index (κ3) is 10.2. The number of methoxy groups -OCH3 is 1. The highest BCUT2D eigenvalue weighted by molar-refractivity contribution is 7.87. The van der Waals surface area contributed by atoms with E-state index in [0.717, 1.165) is 32.2 Å². The van der Waals surface area contributed by atoms with Gasteiger partial charge in [-0.25, -0.2) is 0 Å². The van der Waals surface area contributed by atoms with Gasteiger partial charge in [0.05, 0.1) is 19.6 Å². The van der Waals surface area contributed by atoms with Crippen LogP contribution in [0, 0.1) is 5.92 Å². The summed E-state index contributed by atoms with van der Waals surface area (Å²) in [6, 6.07) is -1.35. The number of morpholine rings is 1. The van der Waals surface area contributed by atoms with Crippen LogP contribution in [0.3, 0.4) is 0 Å². The zero-order valence-electron chi connectivity index (χ0n) is 22.5. The summed E-state index contributed by atoms with van der Waals surface area (Å²) in [6.07, 6.45) is 4.64. The Morgan fingerprint density at radius 3 is 2.56 bits per heavy atom. The highest BCUT2D eigenvalue weighted by Crippen LogP contribution is 2.27. The van der Waals surface area contributed by atoms with Crippen molar-refractivity contribution >= 4 is 34.3 Å². The largest absolute Gasteiger partial charge is 0.379 e. The molecule has 0 radical (unpaired) electrons. The molecule has 1 saturated carbocycles. The Morgan fingerprint density at radius 2 is 1.90 bits per heavy atom. The van der Waals surface area contributed by atoms with E-state index in [2.05, 4.69) is 20.5 Å². The molecule has 2 atom stereocenters. The lowest BCUT2D eigenvalue weighted by Crippen LogP contribution is -2.56. The number of hydrogen-bond donors (Lipinski definition) is 4. The first-order valence-electron chi connectivity index (χ1n) is 13.4. The number of carbonyl (C=O) groups excluding carboxylic acids is 3. The van der Waals surface area contributed by atoms with E-state index in [1.165, 1.54) is 11.4 Å². The smallest absolute Gasteiger partial charge is 0.280 e. The van der Waals surface area contributed by atoms with Crippen molar-refractivity contribution in [3.8, 4) is 0 Å². The zero-order chi connectivity index (χ0) is 28.3. The van der Waals surface area contributed by atoms with E-state index in [0.29, 0.717) is 13.1 Å². The molecule has 3 aliphatic rings. The lowest BCUT2D eigenvalue weighted by atomic mass is 9.98. The number of likely N-dealkylation sites (tertiary alicyclic amines) is 1. The van der Waals surface area contributed by atoms with Gasteiger partial charge in [-0.05, 0) is 31.6 Å². The summed E-state index contributed by atoms with van der Waals surface area (Å²) >= 11 is 0. The van der Waals surface area contributed by atoms with E-state index in [1.54, 1.807) is 11.2 Å². The first-order valence-corrected chi connectivity index (χ1v) is 14.8. The van der Waals surface area contributed by atoms with Crippen molar-refractivity contribution in [2.45, 2.75) is 44.2 Å². The van der Waals surface area contributed by atoms with Crippen molar-refractivity contribution in [3.05, 3.63) is 0 Å². The van der Waals surface area contributed by atoms with Gasteiger partial charge in [0.15, 0.2) is 0 Å². The molecule has 0 aromatic heterocycles. The predicted octanol–water partition coefficient (Wildman–Crippen LogP) is -2.60. The third-order valence-electron chi connectivity index (χ3n) is 6.88. The predicted molar refractivity (Wildman–Crippen MR) is 142 cm³/mol. The summed E-state index contributed by atoms with van der Waals surface area (Å²) in [5, 5.41) is 9.11. The molecule has 3 amide bonds. The molecule has 16 heteroatoms. The Balaban J connectivity index is 1.65. The number of amides is 3. The normalized spacial score (nSPS) is 21.5. The Labute approximate surface area is 229 Å². The van der Waals surface area contributed by atoms with Crippen LogP contribution >= 0.6 is 0 Å². The number of hydrazone groups is 1. The SMILES string of the molecule is COCC(=O)NCCN(C(=O)[C@H](CC(=O)NC[C@@H]1CCCN(C=NN)C1)NS(=O)(=O)N1CCOCC1)C1CC1. The fourth-order valence-electron chi connectivity index (χ4n) is 4.76. The molecule has 3 fully saturated rings. The minimum absolute atomic E-state index is 0.0623. The fourth-order valence-corrected chi connectivity index (χ4v) is 6.08. The van der Waals surface area contributed by atoms with Gasteiger partial charge in [-0.15, -0.1) is 0 Å². The summed E-state index contributed by atoms with van der Waals surface area (Å²) in [5.41, 5.74) is 0. The molecule has 222 valence electrons. The number of rotatable bonds is 15. The minimum Gasteiger partial charge on any atom is -0.379 e.